The Hall–Kier alpha value is -6.38. The van der Waals surface area contributed by atoms with Gasteiger partial charge in [0.1, 0.15) is 39.7 Å². The zero-order valence-corrected chi connectivity index (χ0v) is 40.1. The number of nitrogens with zero attached hydrogens (tertiary/aromatic N) is 6. The van der Waals surface area contributed by atoms with Gasteiger partial charge in [-0.15, -0.1) is 0 Å². The first kappa shape index (κ1) is 47.6. The number of carboxylic acid groups (broad SMARTS) is 1. The minimum Gasteiger partial charge on any atom is -0.493 e. The summed E-state index contributed by atoms with van der Waals surface area (Å²) in [5, 5.41) is 18.3. The highest BCUT2D eigenvalue weighted by Gasteiger charge is 2.32. The van der Waals surface area contributed by atoms with E-state index in [0.717, 1.165) is 55.5 Å². The number of benzene rings is 4. The Morgan fingerprint density at radius 1 is 0.848 bits per heavy atom. The van der Waals surface area contributed by atoms with Crippen LogP contribution in [0.5, 0.6) is 11.5 Å². The summed E-state index contributed by atoms with van der Waals surface area (Å²) in [5.74, 6) is -0.362. The number of hydrogen-bond donors (Lipinski definition) is 2. The van der Waals surface area contributed by atoms with E-state index < -0.39 is 17.5 Å². The Kier molecular flexibility index (Phi) is 14.4. The molecule has 0 unspecified atom stereocenters. The van der Waals surface area contributed by atoms with E-state index in [1.54, 1.807) is 24.0 Å². The highest BCUT2D eigenvalue weighted by Crippen LogP contribution is 2.42. The summed E-state index contributed by atoms with van der Waals surface area (Å²) in [6.07, 6.45) is 1.18. The third kappa shape index (κ3) is 9.90. The van der Waals surface area contributed by atoms with Crippen molar-refractivity contribution in [3.05, 3.63) is 106 Å². The smallest absolute Gasteiger partial charge is 0.355 e. The molecule has 1 saturated heterocycles. The zero-order chi connectivity index (χ0) is 47.4. The van der Waals surface area contributed by atoms with Crippen LogP contribution < -0.4 is 9.47 Å². The molecule has 0 radical (unpaired) electrons. The van der Waals surface area contributed by atoms with Crippen molar-refractivity contribution >= 4 is 62.2 Å². The predicted molar refractivity (Wildman–Crippen MR) is 259 cm³/mol. The maximum absolute atomic E-state index is 14.6. The second-order valence-electron chi connectivity index (χ2n) is 17.4. The number of esters is 1. The number of aryl methyl sites for hydroxylation is 4. The molecule has 14 nitrogen and oxygen atoms in total. The Morgan fingerprint density at radius 2 is 1.58 bits per heavy atom. The summed E-state index contributed by atoms with van der Waals surface area (Å²) in [7, 11) is 1.91. The molecule has 7 aromatic rings. The summed E-state index contributed by atoms with van der Waals surface area (Å²) in [6, 6.07) is 21.4. The van der Waals surface area contributed by atoms with Gasteiger partial charge in [0.15, 0.2) is 6.61 Å². The van der Waals surface area contributed by atoms with Crippen molar-refractivity contribution in [2.75, 3.05) is 45.9 Å². The first-order valence-corrected chi connectivity index (χ1v) is 23.0. The first-order chi connectivity index (χ1) is 31.6. The van der Waals surface area contributed by atoms with E-state index in [1.807, 2.05) is 96.6 Å². The molecule has 0 spiro atoms. The number of aromatic carboxylic acids is 1. The van der Waals surface area contributed by atoms with Crippen molar-refractivity contribution in [1.82, 2.24) is 34.1 Å². The molecule has 1 fully saturated rings. The van der Waals surface area contributed by atoms with Crippen LogP contribution in [-0.2, 0) is 29.5 Å². The van der Waals surface area contributed by atoms with Gasteiger partial charge in [-0.2, -0.15) is 5.10 Å². The zero-order valence-electron chi connectivity index (χ0n) is 39.4. The number of halogens is 1. The van der Waals surface area contributed by atoms with E-state index in [0.29, 0.717) is 80.8 Å². The molecule has 1 aliphatic rings. The average molecular weight is 919 g/mol. The number of nitrogens with one attached hydrogen (secondary N) is 1. The van der Waals surface area contributed by atoms with Gasteiger partial charge in [-0.1, -0.05) is 67.9 Å². The van der Waals surface area contributed by atoms with Gasteiger partial charge in [0.2, 0.25) is 0 Å². The monoisotopic (exact) mass is 917 g/mol. The number of fused-ring (bicyclic) bond motifs is 3. The summed E-state index contributed by atoms with van der Waals surface area (Å²) in [6.45, 7) is 18.5. The largest absolute Gasteiger partial charge is 0.493 e. The van der Waals surface area contributed by atoms with Crippen LogP contribution in [0.4, 0.5) is 0 Å². The van der Waals surface area contributed by atoms with Crippen LogP contribution in [0.2, 0.25) is 5.02 Å². The van der Waals surface area contributed by atoms with Gasteiger partial charge in [-0.05, 0) is 89.6 Å². The second-order valence-corrected chi connectivity index (χ2v) is 17.8. The van der Waals surface area contributed by atoms with E-state index in [2.05, 4.69) is 37.6 Å². The number of rotatable bonds is 14. The molecule has 0 bridgehead atoms. The lowest BCUT2D eigenvalue weighted by atomic mass is 9.98. The molecule has 0 aliphatic carbocycles. The minimum atomic E-state index is -1.18. The highest BCUT2D eigenvalue weighted by atomic mass is 35.5. The van der Waals surface area contributed by atoms with Crippen molar-refractivity contribution in [2.24, 2.45) is 7.05 Å². The van der Waals surface area contributed by atoms with Crippen LogP contribution in [0.25, 0.3) is 43.8 Å². The fraction of sp³-hybridized carbons (Fsp3) is 0.392. The highest BCUT2D eigenvalue weighted by molar-refractivity contribution is 6.35. The van der Waals surface area contributed by atoms with Crippen LogP contribution in [0.3, 0.4) is 0 Å². The van der Waals surface area contributed by atoms with Crippen LogP contribution in [-0.4, -0.2) is 109 Å². The number of aromatic amines is 1. The van der Waals surface area contributed by atoms with Gasteiger partial charge < -0.3 is 33.8 Å². The van der Waals surface area contributed by atoms with E-state index >= 15 is 0 Å². The van der Waals surface area contributed by atoms with Crippen LogP contribution in [0.15, 0.2) is 66.7 Å². The normalized spacial score (nSPS) is 13.3. The number of carbonyl (C=O) groups is 3. The number of hydrogen-bond acceptors (Lipinski definition) is 9. The topological polar surface area (TPSA) is 157 Å². The Balaban J connectivity index is 0.00000320. The molecule has 1 amide bonds. The van der Waals surface area contributed by atoms with Crippen molar-refractivity contribution in [3.63, 3.8) is 0 Å². The lowest BCUT2D eigenvalue weighted by molar-refractivity contribution is -0.135. The molecule has 4 heterocycles. The molecule has 3 aromatic heterocycles. The summed E-state index contributed by atoms with van der Waals surface area (Å²) in [4.78, 5) is 51.5. The molecule has 0 atom stereocenters. The summed E-state index contributed by atoms with van der Waals surface area (Å²) < 4.78 is 22.3. The Bertz CT molecular complexity index is 2910. The van der Waals surface area contributed by atoms with Crippen LogP contribution in [0, 0.1) is 20.8 Å². The first-order valence-electron chi connectivity index (χ1n) is 22.6. The fourth-order valence-corrected chi connectivity index (χ4v) is 9.10. The SMILES string of the molecule is CC.Cc1nc2c(C(=O)O)c(OCC(=O)N3CCN(CCn4c(C(=O)OC(C)(C)C)c(CCCOc5cccc6ccccc56)c5ccc(Cl)c(-c6c(C)nn(C)c6C)c54)CC3)ccc2[nH]1. The molecule has 66 heavy (non-hydrogen) atoms. The molecular formula is C51H60ClN7O7. The maximum Gasteiger partial charge on any atom is 0.355 e. The molecule has 1 aliphatic heterocycles. The second kappa shape index (κ2) is 20.0. The number of H-pyrrole nitrogens is 1. The molecule has 0 saturated carbocycles. The number of carbonyl (C=O) groups excluding carboxylic acids is 2. The third-order valence-corrected chi connectivity index (χ3v) is 12.2. The molecule has 8 rings (SSSR count). The Labute approximate surface area is 390 Å². The summed E-state index contributed by atoms with van der Waals surface area (Å²) >= 11 is 7.18. The van der Waals surface area contributed by atoms with Gasteiger partial charge in [0, 0.05) is 73.9 Å². The van der Waals surface area contributed by atoms with E-state index in [-0.39, 0.29) is 29.3 Å². The Morgan fingerprint density at radius 3 is 2.27 bits per heavy atom. The molecule has 348 valence electrons. The van der Waals surface area contributed by atoms with Crippen molar-refractivity contribution in [3.8, 4) is 22.6 Å². The number of ether oxygens (including phenoxy) is 3. The fourth-order valence-electron chi connectivity index (χ4n) is 8.86. The number of piperazine rings is 1. The summed E-state index contributed by atoms with van der Waals surface area (Å²) in [5.41, 5.74) is 5.72. The van der Waals surface area contributed by atoms with Gasteiger partial charge in [0.25, 0.3) is 5.91 Å². The number of imidazole rings is 1. The van der Waals surface area contributed by atoms with E-state index in [1.165, 1.54) is 0 Å². The standard InChI is InChI=1S/C49H54ClN7O7.C2H6/c1-29-41(30(2)54(7)53-29)42-36(50)18-17-35-34(15-11-27-62-38-16-10-13-32-12-8-9-14-33(32)38)46(48(61)64-49(4,5)6)57(45(35)42)26-23-55-21-24-56(25-22-55)40(58)28-63-39-20-19-37-44(43(39)47(59)60)52-31(3)51-37;1-2/h8-10,12-14,16-20H,11,15,21-28H2,1-7H3,(H,51,52)(H,59,60);1-2H3. The maximum atomic E-state index is 14.6. The van der Waals surface area contributed by atoms with Gasteiger partial charge in [-0.25, -0.2) is 14.6 Å². The van der Waals surface area contributed by atoms with E-state index in [4.69, 9.17) is 30.9 Å². The van der Waals surface area contributed by atoms with Crippen LogP contribution in [0.1, 0.15) is 84.7 Å². The molecule has 15 heteroatoms. The van der Waals surface area contributed by atoms with E-state index in [9.17, 15) is 19.5 Å². The van der Waals surface area contributed by atoms with Gasteiger partial charge in [-0.3, -0.25) is 14.4 Å². The van der Waals surface area contributed by atoms with Gasteiger partial charge in [0.05, 0.1) is 28.4 Å². The number of aromatic nitrogens is 5. The molecular weight excluding hydrogens is 858 g/mol. The third-order valence-electron chi connectivity index (χ3n) is 11.9. The van der Waals surface area contributed by atoms with Gasteiger partial charge >= 0.3 is 11.9 Å². The van der Waals surface area contributed by atoms with Crippen molar-refractivity contribution in [1.29, 1.82) is 0 Å². The molecule has 2 N–H and O–H groups in total. The van der Waals surface area contributed by atoms with Crippen LogP contribution >= 0.6 is 11.6 Å². The average Bonchev–Trinajstić information content (AvgIpc) is 3.91. The lowest BCUT2D eigenvalue weighted by Crippen LogP contribution is -2.50. The predicted octanol–water partition coefficient (Wildman–Crippen LogP) is 9.56. The lowest BCUT2D eigenvalue weighted by Gasteiger charge is -2.35. The number of amides is 1. The minimum absolute atomic E-state index is 0.0848. The quantitative estimate of drug-likeness (QED) is 0.0796. The molecule has 4 aromatic carbocycles. The van der Waals surface area contributed by atoms with Crippen molar-refractivity contribution in [2.45, 2.75) is 80.4 Å². The van der Waals surface area contributed by atoms with Crippen molar-refractivity contribution < 1.29 is 33.7 Å². The number of carboxylic acids is 1.